The molecule has 0 N–H and O–H groups in total. The van der Waals surface area contributed by atoms with Crippen molar-refractivity contribution in [1.82, 2.24) is 14.7 Å². The monoisotopic (exact) mass is 354 g/mol. The highest BCUT2D eigenvalue weighted by molar-refractivity contribution is 5.78. The summed E-state index contributed by atoms with van der Waals surface area (Å²) in [6.45, 7) is 8.50. The molecule has 3 rings (SSSR count). The maximum atomic E-state index is 12.7. The topological polar surface area (TPSA) is 50.6 Å². The van der Waals surface area contributed by atoms with Crippen LogP contribution in [0.2, 0.25) is 0 Å². The zero-order valence-corrected chi connectivity index (χ0v) is 15.9. The number of nitrogens with zero attached hydrogens (tertiary/aromatic N) is 4. The summed E-state index contributed by atoms with van der Waals surface area (Å²) >= 11 is 0. The molecule has 1 atom stereocenters. The number of carbonyl (C=O) groups is 1. The molecule has 2 heterocycles. The predicted molar refractivity (Wildman–Crippen MR) is 103 cm³/mol. The van der Waals surface area contributed by atoms with Gasteiger partial charge in [0.05, 0.1) is 18.2 Å². The van der Waals surface area contributed by atoms with Crippen LogP contribution in [0, 0.1) is 11.3 Å². The summed E-state index contributed by atoms with van der Waals surface area (Å²) in [4.78, 5) is 19.6. The SMILES string of the molecule is CC[C@@H]1CCCCN1C(=O)CN1CCN(Cc2ccc(C#N)cc2)CC1. The second kappa shape index (κ2) is 9.16. The fraction of sp³-hybridized carbons (Fsp3) is 0.619. The minimum Gasteiger partial charge on any atom is -0.339 e. The van der Waals surface area contributed by atoms with E-state index in [2.05, 4.69) is 27.7 Å². The number of amides is 1. The average molecular weight is 354 g/mol. The Hall–Kier alpha value is -1.90. The van der Waals surface area contributed by atoms with Crippen LogP contribution in [0.1, 0.15) is 43.7 Å². The van der Waals surface area contributed by atoms with Gasteiger partial charge in [-0.05, 0) is 43.4 Å². The minimum absolute atomic E-state index is 0.317. The molecule has 2 aliphatic rings. The van der Waals surface area contributed by atoms with Gasteiger partial charge in [0, 0.05) is 45.3 Å². The molecule has 2 fully saturated rings. The smallest absolute Gasteiger partial charge is 0.236 e. The lowest BCUT2D eigenvalue weighted by Crippen LogP contribution is -2.52. The summed E-state index contributed by atoms with van der Waals surface area (Å²) in [6.07, 6.45) is 4.65. The Bertz CT molecular complexity index is 628. The summed E-state index contributed by atoms with van der Waals surface area (Å²) in [5.74, 6) is 0.317. The molecule has 0 unspecified atom stereocenters. The fourth-order valence-electron chi connectivity index (χ4n) is 4.08. The molecule has 0 aromatic heterocycles. The largest absolute Gasteiger partial charge is 0.339 e. The number of benzene rings is 1. The molecule has 1 aromatic rings. The van der Waals surface area contributed by atoms with Crippen LogP contribution in [0.4, 0.5) is 0 Å². The molecule has 26 heavy (non-hydrogen) atoms. The number of hydrogen-bond donors (Lipinski definition) is 0. The lowest BCUT2D eigenvalue weighted by atomic mass is 10.00. The lowest BCUT2D eigenvalue weighted by molar-refractivity contribution is -0.136. The predicted octanol–water partition coefficient (Wildman–Crippen LogP) is 2.47. The average Bonchev–Trinajstić information content (AvgIpc) is 2.70. The summed E-state index contributed by atoms with van der Waals surface area (Å²) in [6, 6.07) is 10.5. The zero-order chi connectivity index (χ0) is 18.4. The standard InChI is InChI=1S/C21H30N4O/c1-2-20-5-3-4-10-25(20)21(26)17-24-13-11-23(12-14-24)16-19-8-6-18(15-22)7-9-19/h6-9,20H,2-5,10-14,16-17H2,1H3/t20-/m1/s1. The van der Waals surface area contributed by atoms with Crippen LogP contribution in [-0.4, -0.2) is 65.9 Å². The Balaban J connectivity index is 1.44. The Morgan fingerprint density at radius 1 is 1.08 bits per heavy atom. The maximum Gasteiger partial charge on any atom is 0.236 e. The third-order valence-electron chi connectivity index (χ3n) is 5.73. The van der Waals surface area contributed by atoms with Crippen LogP contribution in [0.5, 0.6) is 0 Å². The Labute approximate surface area is 157 Å². The van der Waals surface area contributed by atoms with Crippen molar-refractivity contribution in [3.8, 4) is 6.07 Å². The third kappa shape index (κ3) is 4.84. The van der Waals surface area contributed by atoms with Crippen molar-refractivity contribution < 1.29 is 4.79 Å². The number of likely N-dealkylation sites (tertiary alicyclic amines) is 1. The van der Waals surface area contributed by atoms with Crippen LogP contribution in [0.25, 0.3) is 0 Å². The third-order valence-corrected chi connectivity index (χ3v) is 5.73. The van der Waals surface area contributed by atoms with Crippen LogP contribution >= 0.6 is 0 Å². The molecule has 0 radical (unpaired) electrons. The van der Waals surface area contributed by atoms with E-state index in [9.17, 15) is 4.79 Å². The van der Waals surface area contributed by atoms with E-state index in [0.717, 1.165) is 52.1 Å². The molecule has 0 aliphatic carbocycles. The number of rotatable bonds is 5. The highest BCUT2D eigenvalue weighted by Gasteiger charge is 2.27. The van der Waals surface area contributed by atoms with E-state index in [4.69, 9.17) is 5.26 Å². The zero-order valence-electron chi connectivity index (χ0n) is 15.9. The second-order valence-electron chi connectivity index (χ2n) is 7.51. The second-order valence-corrected chi connectivity index (χ2v) is 7.51. The number of piperidine rings is 1. The molecule has 140 valence electrons. The van der Waals surface area contributed by atoms with Crippen molar-refractivity contribution in [1.29, 1.82) is 5.26 Å². The van der Waals surface area contributed by atoms with Crippen LogP contribution < -0.4 is 0 Å². The van der Waals surface area contributed by atoms with E-state index in [-0.39, 0.29) is 0 Å². The molecule has 1 aromatic carbocycles. The first-order valence-corrected chi connectivity index (χ1v) is 9.93. The summed E-state index contributed by atoms with van der Waals surface area (Å²) in [7, 11) is 0. The Morgan fingerprint density at radius 2 is 1.77 bits per heavy atom. The first-order chi connectivity index (χ1) is 12.7. The van der Waals surface area contributed by atoms with Crippen LogP contribution in [-0.2, 0) is 11.3 Å². The fourth-order valence-corrected chi connectivity index (χ4v) is 4.08. The van der Waals surface area contributed by atoms with Crippen molar-refractivity contribution in [3.05, 3.63) is 35.4 Å². The van der Waals surface area contributed by atoms with Gasteiger partial charge in [0.25, 0.3) is 0 Å². The molecule has 1 amide bonds. The lowest BCUT2D eigenvalue weighted by Gasteiger charge is -2.39. The minimum atomic E-state index is 0.317. The highest BCUT2D eigenvalue weighted by atomic mass is 16.2. The number of piperazine rings is 1. The first kappa shape index (κ1) is 18.9. The molecule has 2 aliphatic heterocycles. The number of nitriles is 1. The Kier molecular flexibility index (Phi) is 6.65. The summed E-state index contributed by atoms with van der Waals surface area (Å²) < 4.78 is 0. The molecule has 5 nitrogen and oxygen atoms in total. The maximum absolute atomic E-state index is 12.7. The molecule has 0 bridgehead atoms. The van der Waals surface area contributed by atoms with Crippen molar-refractivity contribution in [3.63, 3.8) is 0 Å². The van der Waals surface area contributed by atoms with Gasteiger partial charge in [0.1, 0.15) is 0 Å². The summed E-state index contributed by atoms with van der Waals surface area (Å²) in [5, 5.41) is 8.88. The quantitative estimate of drug-likeness (QED) is 0.815. The van der Waals surface area contributed by atoms with Gasteiger partial charge in [0.2, 0.25) is 5.91 Å². The van der Waals surface area contributed by atoms with Crippen molar-refractivity contribution in [2.75, 3.05) is 39.3 Å². The molecule has 0 saturated carbocycles. The molecule has 0 spiro atoms. The summed E-state index contributed by atoms with van der Waals surface area (Å²) in [5.41, 5.74) is 1.95. The van der Waals surface area contributed by atoms with Gasteiger partial charge in [-0.3, -0.25) is 14.6 Å². The molecular weight excluding hydrogens is 324 g/mol. The molecule has 5 heteroatoms. The van der Waals surface area contributed by atoms with Crippen molar-refractivity contribution in [2.45, 2.75) is 45.2 Å². The van der Waals surface area contributed by atoms with Gasteiger partial charge in [-0.1, -0.05) is 19.1 Å². The van der Waals surface area contributed by atoms with Crippen molar-refractivity contribution in [2.24, 2.45) is 0 Å². The van der Waals surface area contributed by atoms with Gasteiger partial charge in [-0.2, -0.15) is 5.26 Å². The highest BCUT2D eigenvalue weighted by Crippen LogP contribution is 2.20. The van der Waals surface area contributed by atoms with E-state index < -0.39 is 0 Å². The normalized spacial score (nSPS) is 22.2. The van der Waals surface area contributed by atoms with E-state index in [1.54, 1.807) is 0 Å². The molecular formula is C21H30N4O. The number of hydrogen-bond acceptors (Lipinski definition) is 4. The van der Waals surface area contributed by atoms with Gasteiger partial charge in [-0.15, -0.1) is 0 Å². The van der Waals surface area contributed by atoms with Gasteiger partial charge < -0.3 is 4.90 Å². The Morgan fingerprint density at radius 3 is 2.42 bits per heavy atom. The van der Waals surface area contributed by atoms with Crippen molar-refractivity contribution >= 4 is 5.91 Å². The van der Waals surface area contributed by atoms with Gasteiger partial charge in [-0.25, -0.2) is 0 Å². The van der Waals surface area contributed by atoms with Gasteiger partial charge in [0.15, 0.2) is 0 Å². The van der Waals surface area contributed by atoms with E-state index in [1.165, 1.54) is 18.4 Å². The van der Waals surface area contributed by atoms with E-state index in [0.29, 0.717) is 24.1 Å². The first-order valence-electron chi connectivity index (χ1n) is 9.93. The van der Waals surface area contributed by atoms with E-state index in [1.807, 2.05) is 24.3 Å². The van der Waals surface area contributed by atoms with Crippen LogP contribution in [0.15, 0.2) is 24.3 Å². The molecule has 2 saturated heterocycles. The van der Waals surface area contributed by atoms with Crippen LogP contribution in [0.3, 0.4) is 0 Å². The van der Waals surface area contributed by atoms with E-state index >= 15 is 0 Å². The number of carbonyl (C=O) groups excluding carboxylic acids is 1. The van der Waals surface area contributed by atoms with Gasteiger partial charge >= 0.3 is 0 Å².